The predicted molar refractivity (Wildman–Crippen MR) is 99.3 cm³/mol. The molecule has 0 aromatic heterocycles. The first-order chi connectivity index (χ1) is 13.4. The van der Waals surface area contributed by atoms with E-state index in [9.17, 15) is 19.2 Å². The largest absolute Gasteiger partial charge is 0.495 e. The van der Waals surface area contributed by atoms with Crippen LogP contribution < -0.4 is 10.1 Å². The molecular weight excluding hydrogens is 364 g/mol. The van der Waals surface area contributed by atoms with Crippen molar-refractivity contribution in [2.45, 2.75) is 25.9 Å². The second-order valence-electron chi connectivity index (χ2n) is 6.74. The van der Waals surface area contributed by atoms with Crippen LogP contribution in [0.5, 0.6) is 5.75 Å². The van der Waals surface area contributed by atoms with Crippen molar-refractivity contribution in [3.63, 3.8) is 0 Å². The Morgan fingerprint density at radius 3 is 2.36 bits per heavy atom. The van der Waals surface area contributed by atoms with Gasteiger partial charge in [0.15, 0.2) is 6.10 Å². The van der Waals surface area contributed by atoms with E-state index in [0.717, 1.165) is 4.90 Å². The number of allylic oxidation sites excluding steroid dienone is 2. The molecule has 8 heteroatoms. The number of carbonyl (C=O) groups is 4. The smallest absolute Gasteiger partial charge is 0.326 e. The second-order valence-corrected chi connectivity index (χ2v) is 6.74. The van der Waals surface area contributed by atoms with Crippen LogP contribution in [-0.4, -0.2) is 48.3 Å². The SMILES string of the molecule is COc1ccccc1NC(=O)[C@H](C)OC(=O)CN1C(=O)[C@@H]2CC=CC[C@H]2C1=O. The summed E-state index contributed by atoms with van der Waals surface area (Å²) in [5.74, 6) is -2.41. The van der Waals surface area contributed by atoms with Crippen LogP contribution >= 0.6 is 0 Å². The van der Waals surface area contributed by atoms with Gasteiger partial charge in [-0.2, -0.15) is 0 Å². The Hall–Kier alpha value is -3.16. The monoisotopic (exact) mass is 386 g/mol. The number of rotatable bonds is 6. The van der Waals surface area contributed by atoms with Gasteiger partial charge in [-0.05, 0) is 31.9 Å². The van der Waals surface area contributed by atoms with Crippen molar-refractivity contribution in [1.29, 1.82) is 0 Å². The van der Waals surface area contributed by atoms with Gasteiger partial charge in [-0.3, -0.25) is 24.1 Å². The molecule has 1 aliphatic carbocycles. The molecule has 148 valence electrons. The zero-order valence-corrected chi connectivity index (χ0v) is 15.7. The molecule has 0 saturated carbocycles. The first-order valence-electron chi connectivity index (χ1n) is 9.06. The maximum Gasteiger partial charge on any atom is 0.326 e. The number of nitrogens with zero attached hydrogens (tertiary/aromatic N) is 1. The van der Waals surface area contributed by atoms with Gasteiger partial charge in [0.1, 0.15) is 12.3 Å². The van der Waals surface area contributed by atoms with E-state index in [-0.39, 0.29) is 11.8 Å². The van der Waals surface area contributed by atoms with E-state index in [1.807, 2.05) is 12.2 Å². The van der Waals surface area contributed by atoms with Gasteiger partial charge in [0.25, 0.3) is 5.91 Å². The molecule has 0 unspecified atom stereocenters. The van der Waals surface area contributed by atoms with E-state index in [1.165, 1.54) is 14.0 Å². The number of fused-ring (bicyclic) bond motifs is 1. The summed E-state index contributed by atoms with van der Waals surface area (Å²) in [5.41, 5.74) is 0.444. The van der Waals surface area contributed by atoms with E-state index < -0.39 is 36.4 Å². The molecule has 0 spiro atoms. The number of esters is 1. The Labute approximate surface area is 162 Å². The van der Waals surface area contributed by atoms with Crippen LogP contribution in [0, 0.1) is 11.8 Å². The number of carbonyl (C=O) groups excluding carboxylic acids is 4. The van der Waals surface area contributed by atoms with Gasteiger partial charge in [0, 0.05) is 0 Å². The molecule has 1 fully saturated rings. The average molecular weight is 386 g/mol. The lowest BCUT2D eigenvalue weighted by Crippen LogP contribution is -2.39. The zero-order chi connectivity index (χ0) is 20.3. The molecule has 0 radical (unpaired) electrons. The molecular formula is C20H22N2O6. The third-order valence-corrected chi connectivity index (χ3v) is 4.93. The fourth-order valence-electron chi connectivity index (χ4n) is 3.42. The fourth-order valence-corrected chi connectivity index (χ4v) is 3.42. The van der Waals surface area contributed by atoms with Crippen molar-refractivity contribution in [3.8, 4) is 5.75 Å². The molecule has 28 heavy (non-hydrogen) atoms. The number of nitrogens with one attached hydrogen (secondary N) is 1. The molecule has 2 aliphatic rings. The number of ether oxygens (including phenoxy) is 2. The van der Waals surface area contributed by atoms with Crippen LogP contribution in [0.3, 0.4) is 0 Å². The maximum absolute atomic E-state index is 12.4. The van der Waals surface area contributed by atoms with Crippen molar-refractivity contribution in [1.82, 2.24) is 4.90 Å². The van der Waals surface area contributed by atoms with Crippen LogP contribution in [0.4, 0.5) is 5.69 Å². The summed E-state index contributed by atoms with van der Waals surface area (Å²) >= 11 is 0. The third kappa shape index (κ3) is 3.90. The first kappa shape index (κ1) is 19.6. The molecule has 8 nitrogen and oxygen atoms in total. The van der Waals surface area contributed by atoms with Crippen LogP contribution in [-0.2, 0) is 23.9 Å². The normalized spacial score (nSPS) is 21.9. The van der Waals surface area contributed by atoms with E-state index in [1.54, 1.807) is 24.3 Å². The number of methoxy groups -OCH3 is 1. The van der Waals surface area contributed by atoms with Crippen LogP contribution in [0.15, 0.2) is 36.4 Å². The lowest BCUT2D eigenvalue weighted by molar-refractivity contribution is -0.158. The van der Waals surface area contributed by atoms with Crippen LogP contribution in [0.25, 0.3) is 0 Å². The molecule has 3 rings (SSSR count). The van der Waals surface area contributed by atoms with Crippen LogP contribution in [0.1, 0.15) is 19.8 Å². The first-order valence-corrected chi connectivity index (χ1v) is 9.06. The number of imide groups is 1. The summed E-state index contributed by atoms with van der Waals surface area (Å²) in [6.07, 6.45) is 3.64. The van der Waals surface area contributed by atoms with Gasteiger partial charge in [0.05, 0.1) is 24.6 Å². The summed E-state index contributed by atoms with van der Waals surface area (Å²) in [5, 5.41) is 2.62. The average Bonchev–Trinajstić information content (AvgIpc) is 2.93. The summed E-state index contributed by atoms with van der Waals surface area (Å²) in [6.45, 7) is 0.927. The van der Waals surface area contributed by atoms with Gasteiger partial charge < -0.3 is 14.8 Å². The van der Waals surface area contributed by atoms with Crippen molar-refractivity contribution in [3.05, 3.63) is 36.4 Å². The van der Waals surface area contributed by atoms with Gasteiger partial charge in [0.2, 0.25) is 11.8 Å². The van der Waals surface area contributed by atoms with Gasteiger partial charge >= 0.3 is 5.97 Å². The number of benzene rings is 1. The molecule has 3 amide bonds. The predicted octanol–water partition coefficient (Wildman–Crippen LogP) is 1.52. The minimum atomic E-state index is -1.10. The molecule has 1 aliphatic heterocycles. The summed E-state index contributed by atoms with van der Waals surface area (Å²) in [4.78, 5) is 50.2. The summed E-state index contributed by atoms with van der Waals surface area (Å²) in [6, 6.07) is 6.83. The third-order valence-electron chi connectivity index (χ3n) is 4.93. The molecule has 1 saturated heterocycles. The van der Waals surface area contributed by atoms with E-state index in [2.05, 4.69) is 5.32 Å². The van der Waals surface area contributed by atoms with Gasteiger partial charge in [-0.1, -0.05) is 24.3 Å². The highest BCUT2D eigenvalue weighted by molar-refractivity contribution is 6.07. The van der Waals surface area contributed by atoms with Gasteiger partial charge in [-0.25, -0.2) is 0 Å². The molecule has 1 aromatic carbocycles. The number of hydrogen-bond donors (Lipinski definition) is 1. The molecule has 3 atom stereocenters. The highest BCUT2D eigenvalue weighted by atomic mass is 16.5. The van der Waals surface area contributed by atoms with Crippen molar-refractivity contribution in [2.75, 3.05) is 19.0 Å². The van der Waals surface area contributed by atoms with Gasteiger partial charge in [-0.15, -0.1) is 0 Å². The Morgan fingerprint density at radius 2 is 1.75 bits per heavy atom. The Morgan fingerprint density at radius 1 is 1.14 bits per heavy atom. The Bertz CT molecular complexity index is 808. The number of hydrogen-bond acceptors (Lipinski definition) is 6. The highest BCUT2D eigenvalue weighted by Gasteiger charge is 2.47. The number of likely N-dealkylation sites (tertiary alicyclic amines) is 1. The highest BCUT2D eigenvalue weighted by Crippen LogP contribution is 2.34. The standard InChI is InChI=1S/C20H22N2O6/c1-12(18(24)21-15-9-5-6-10-16(15)27-2)28-17(23)11-22-19(25)13-7-3-4-8-14(13)20(22)26/h3-6,9-10,12-14H,7-8,11H2,1-2H3,(H,21,24)/t12-,13+,14+/m0/s1. The maximum atomic E-state index is 12.4. The lowest BCUT2D eigenvalue weighted by Gasteiger charge is -2.17. The Balaban J connectivity index is 1.56. The molecule has 1 N–H and O–H groups in total. The van der Waals surface area contributed by atoms with E-state index >= 15 is 0 Å². The van der Waals surface area contributed by atoms with Crippen molar-refractivity contribution >= 4 is 29.4 Å². The minimum Gasteiger partial charge on any atom is -0.495 e. The zero-order valence-electron chi connectivity index (χ0n) is 15.7. The minimum absolute atomic E-state index is 0.359. The van der Waals surface area contributed by atoms with Crippen molar-refractivity contribution in [2.24, 2.45) is 11.8 Å². The van der Waals surface area contributed by atoms with Crippen LogP contribution in [0.2, 0.25) is 0 Å². The molecule has 1 heterocycles. The van der Waals surface area contributed by atoms with E-state index in [0.29, 0.717) is 24.3 Å². The number of para-hydroxylation sites is 2. The van der Waals surface area contributed by atoms with E-state index in [4.69, 9.17) is 9.47 Å². The molecule has 1 aromatic rings. The van der Waals surface area contributed by atoms with Crippen molar-refractivity contribution < 1.29 is 28.7 Å². The second kappa shape index (κ2) is 8.24. The number of amides is 3. The summed E-state index contributed by atoms with van der Waals surface area (Å²) in [7, 11) is 1.48. The number of anilines is 1. The Kier molecular flexibility index (Phi) is 5.77. The lowest BCUT2D eigenvalue weighted by atomic mass is 9.85. The quantitative estimate of drug-likeness (QED) is 0.452. The molecule has 0 bridgehead atoms. The summed E-state index contributed by atoms with van der Waals surface area (Å²) < 4.78 is 10.3. The fraction of sp³-hybridized carbons (Fsp3) is 0.400. The topological polar surface area (TPSA) is 102 Å².